The maximum atomic E-state index is 13.1. The van der Waals surface area contributed by atoms with E-state index in [0.29, 0.717) is 12.0 Å². The molecule has 1 N–H and O–H groups in total. The van der Waals surface area contributed by atoms with Crippen molar-refractivity contribution < 1.29 is 13.2 Å². The molecule has 142 valence electrons. The van der Waals surface area contributed by atoms with E-state index in [9.17, 15) is 13.2 Å². The third-order valence-electron chi connectivity index (χ3n) is 4.85. The van der Waals surface area contributed by atoms with Crippen molar-refractivity contribution in [2.24, 2.45) is 10.9 Å². The van der Waals surface area contributed by atoms with Gasteiger partial charge in [0, 0.05) is 18.7 Å². The van der Waals surface area contributed by atoms with Crippen LogP contribution < -0.4 is 4.72 Å². The van der Waals surface area contributed by atoms with Crippen LogP contribution in [0.4, 0.5) is 0 Å². The van der Waals surface area contributed by atoms with Crippen molar-refractivity contribution in [3.63, 3.8) is 0 Å². The summed E-state index contributed by atoms with van der Waals surface area (Å²) in [4.78, 5) is 19.8. The number of sulfonamides is 1. The van der Waals surface area contributed by atoms with E-state index >= 15 is 0 Å². The number of hydrogen-bond donors (Lipinski definition) is 1. The number of carbonyl (C=O) groups excluding carboxylic acids is 1. The number of benzene rings is 1. The summed E-state index contributed by atoms with van der Waals surface area (Å²) in [6.07, 6.45) is 4.95. The summed E-state index contributed by atoms with van der Waals surface area (Å²) in [5.74, 6) is 0.583. The largest absolute Gasteiger partial charge is 0.341 e. The van der Waals surface area contributed by atoms with Crippen molar-refractivity contribution in [2.45, 2.75) is 56.9 Å². The van der Waals surface area contributed by atoms with Crippen LogP contribution in [0.25, 0.3) is 0 Å². The van der Waals surface area contributed by atoms with E-state index in [4.69, 9.17) is 0 Å². The number of nitrogens with one attached hydrogen (secondary N) is 1. The van der Waals surface area contributed by atoms with Gasteiger partial charge in [-0.05, 0) is 37.3 Å². The summed E-state index contributed by atoms with van der Waals surface area (Å²) in [7, 11) is -3.59. The summed E-state index contributed by atoms with van der Waals surface area (Å²) in [6, 6.07) is 6.21. The van der Waals surface area contributed by atoms with Crippen LogP contribution in [0.3, 0.4) is 0 Å². The van der Waals surface area contributed by atoms with Crippen molar-refractivity contribution in [3.05, 3.63) is 29.8 Å². The Balaban J connectivity index is 1.91. The Bertz CT molecular complexity index is 794. The van der Waals surface area contributed by atoms with Crippen LogP contribution in [0.1, 0.15) is 51.5 Å². The third kappa shape index (κ3) is 4.09. The fourth-order valence-electron chi connectivity index (χ4n) is 3.54. The van der Waals surface area contributed by atoms with Gasteiger partial charge in [0.2, 0.25) is 5.91 Å². The summed E-state index contributed by atoms with van der Waals surface area (Å²) < 4.78 is 27.1. The maximum absolute atomic E-state index is 13.1. The van der Waals surface area contributed by atoms with E-state index in [1.54, 1.807) is 24.3 Å². The first-order valence-electron chi connectivity index (χ1n) is 9.37. The first kappa shape index (κ1) is 18.9. The first-order chi connectivity index (χ1) is 12.4. The van der Waals surface area contributed by atoms with Gasteiger partial charge in [0.25, 0.3) is 10.0 Å². The molecule has 0 aliphatic carbocycles. The molecule has 1 aromatic carbocycles. The average molecular weight is 378 g/mol. The molecule has 1 atom stereocenters. The standard InChI is InChI=1S/C19H27N3O3S/c1-14(2)13-16(19(23)22-11-7-3-4-8-12-22)20-18-15-9-5-6-10-17(15)26(24,25)21-18/h5-6,9-10,14,16H,3-4,7-8,11-13H2,1-2H3,(H,20,21). The molecule has 7 heteroatoms. The number of likely N-dealkylation sites (tertiary alicyclic amines) is 1. The number of aliphatic imine (C=N–C) groups is 1. The monoisotopic (exact) mass is 377 g/mol. The Morgan fingerprint density at radius 3 is 2.46 bits per heavy atom. The predicted molar refractivity (Wildman–Crippen MR) is 102 cm³/mol. The molecule has 0 bridgehead atoms. The topological polar surface area (TPSA) is 78.8 Å². The molecule has 26 heavy (non-hydrogen) atoms. The lowest BCUT2D eigenvalue weighted by molar-refractivity contribution is -0.132. The van der Waals surface area contributed by atoms with Gasteiger partial charge in [0.15, 0.2) is 0 Å². The number of fused-ring (bicyclic) bond motifs is 1. The Hall–Kier alpha value is -1.89. The van der Waals surface area contributed by atoms with Gasteiger partial charge in [-0.15, -0.1) is 0 Å². The van der Waals surface area contributed by atoms with Crippen molar-refractivity contribution in [2.75, 3.05) is 13.1 Å². The lowest BCUT2D eigenvalue weighted by Gasteiger charge is -2.25. The van der Waals surface area contributed by atoms with Crippen LogP contribution in [0.15, 0.2) is 34.2 Å². The highest BCUT2D eigenvalue weighted by Crippen LogP contribution is 2.24. The van der Waals surface area contributed by atoms with E-state index in [-0.39, 0.29) is 22.6 Å². The number of nitrogens with zero attached hydrogens (tertiary/aromatic N) is 2. The van der Waals surface area contributed by atoms with Crippen molar-refractivity contribution in [1.29, 1.82) is 0 Å². The van der Waals surface area contributed by atoms with E-state index < -0.39 is 16.1 Å². The normalized spacial score (nSPS) is 22.0. The highest BCUT2D eigenvalue weighted by Gasteiger charge is 2.33. The SMILES string of the molecule is CC(C)CC(N=C1NS(=O)(=O)c2ccccc21)C(=O)N1CCCCCC1. The third-order valence-corrected chi connectivity index (χ3v) is 6.24. The molecular formula is C19H27N3O3S. The van der Waals surface area contributed by atoms with Crippen molar-refractivity contribution in [1.82, 2.24) is 9.62 Å². The van der Waals surface area contributed by atoms with Crippen molar-refractivity contribution >= 4 is 21.8 Å². The second-order valence-corrected chi connectivity index (χ2v) is 9.12. The Morgan fingerprint density at radius 1 is 1.15 bits per heavy atom. The zero-order chi connectivity index (χ0) is 18.7. The molecule has 1 saturated heterocycles. The van der Waals surface area contributed by atoms with E-state index in [1.807, 2.05) is 4.90 Å². The summed E-state index contributed by atoms with van der Waals surface area (Å²) >= 11 is 0. The van der Waals surface area contributed by atoms with Crippen LogP contribution in [0.5, 0.6) is 0 Å². The highest BCUT2D eigenvalue weighted by molar-refractivity contribution is 7.90. The first-order valence-corrected chi connectivity index (χ1v) is 10.9. The number of hydrogen-bond acceptors (Lipinski definition) is 4. The number of amidine groups is 1. The molecule has 1 fully saturated rings. The van der Waals surface area contributed by atoms with Crippen LogP contribution in [0, 0.1) is 5.92 Å². The second kappa shape index (κ2) is 7.78. The van der Waals surface area contributed by atoms with Gasteiger partial charge in [-0.2, -0.15) is 0 Å². The molecule has 0 saturated carbocycles. The summed E-state index contributed by atoms with van der Waals surface area (Å²) in [5, 5.41) is 0. The van der Waals surface area contributed by atoms with Crippen molar-refractivity contribution in [3.8, 4) is 0 Å². The predicted octanol–water partition coefficient (Wildman–Crippen LogP) is 2.54. The zero-order valence-corrected chi connectivity index (χ0v) is 16.3. The van der Waals surface area contributed by atoms with E-state index in [0.717, 1.165) is 38.8 Å². The van der Waals surface area contributed by atoms with E-state index in [2.05, 4.69) is 23.6 Å². The van der Waals surface area contributed by atoms with Gasteiger partial charge >= 0.3 is 0 Å². The van der Waals surface area contributed by atoms with Crippen LogP contribution in [0.2, 0.25) is 0 Å². The molecule has 0 radical (unpaired) electrons. The number of carbonyl (C=O) groups is 1. The van der Waals surface area contributed by atoms with Gasteiger partial charge in [0.1, 0.15) is 11.9 Å². The number of rotatable bonds is 4. The molecule has 1 amide bonds. The summed E-state index contributed by atoms with van der Waals surface area (Å²) in [5.41, 5.74) is 0.546. The highest BCUT2D eigenvalue weighted by atomic mass is 32.2. The van der Waals surface area contributed by atoms with Gasteiger partial charge < -0.3 is 4.90 Å². The minimum Gasteiger partial charge on any atom is -0.341 e. The van der Waals surface area contributed by atoms with Crippen LogP contribution in [-0.4, -0.2) is 44.2 Å². The van der Waals surface area contributed by atoms with E-state index in [1.165, 1.54) is 0 Å². The smallest absolute Gasteiger partial charge is 0.263 e. The molecule has 0 aromatic heterocycles. The zero-order valence-electron chi connectivity index (χ0n) is 15.4. The minimum atomic E-state index is -3.59. The molecule has 2 aliphatic heterocycles. The van der Waals surface area contributed by atoms with Crippen LogP contribution >= 0.6 is 0 Å². The van der Waals surface area contributed by atoms with Crippen LogP contribution in [-0.2, 0) is 14.8 Å². The molecule has 2 aliphatic rings. The molecule has 0 spiro atoms. The molecule has 1 aromatic rings. The minimum absolute atomic E-state index is 0.0108. The average Bonchev–Trinajstić information content (AvgIpc) is 2.77. The Labute approximate surface area is 155 Å². The molecule has 1 unspecified atom stereocenters. The fourth-order valence-corrected chi connectivity index (χ4v) is 4.78. The Morgan fingerprint density at radius 2 is 1.81 bits per heavy atom. The lowest BCUT2D eigenvalue weighted by Crippen LogP contribution is -2.40. The lowest BCUT2D eigenvalue weighted by atomic mass is 10.0. The number of amides is 1. The Kier molecular flexibility index (Phi) is 5.65. The van der Waals surface area contributed by atoms with Gasteiger partial charge in [-0.3, -0.25) is 14.5 Å². The molecule has 2 heterocycles. The quantitative estimate of drug-likeness (QED) is 0.876. The maximum Gasteiger partial charge on any atom is 0.263 e. The molecular weight excluding hydrogens is 350 g/mol. The van der Waals surface area contributed by atoms with Gasteiger partial charge in [-0.25, -0.2) is 8.42 Å². The molecule has 6 nitrogen and oxygen atoms in total. The second-order valence-electron chi connectivity index (χ2n) is 7.46. The molecule has 3 rings (SSSR count). The fraction of sp³-hybridized carbons (Fsp3) is 0.579. The van der Waals surface area contributed by atoms with Gasteiger partial charge in [0.05, 0.1) is 4.90 Å². The van der Waals surface area contributed by atoms with Gasteiger partial charge in [-0.1, -0.05) is 38.8 Å². The summed E-state index contributed by atoms with van der Waals surface area (Å²) in [6.45, 7) is 5.63.